The lowest BCUT2D eigenvalue weighted by Gasteiger charge is -2.38. The smallest absolute Gasteiger partial charge is 0.147 e. The summed E-state index contributed by atoms with van der Waals surface area (Å²) in [4.78, 5) is 24.8. The summed E-state index contributed by atoms with van der Waals surface area (Å²) >= 11 is 1.68. The maximum absolute atomic E-state index is 6.27. The highest BCUT2D eigenvalue weighted by molar-refractivity contribution is 7.26. The van der Waals surface area contributed by atoms with E-state index in [-0.39, 0.29) is 5.60 Å². The second kappa shape index (κ2) is 8.41. The molecule has 0 spiro atoms. The Hall–Kier alpha value is -2.88. The first-order valence-corrected chi connectivity index (χ1v) is 12.6. The Bertz CT molecular complexity index is 1350. The minimum atomic E-state index is -0.220. The van der Waals surface area contributed by atoms with Crippen LogP contribution in [0.5, 0.6) is 0 Å². The molecule has 8 nitrogen and oxygen atoms in total. The van der Waals surface area contributed by atoms with E-state index in [0.717, 1.165) is 70.4 Å². The number of pyridine rings is 2. The fourth-order valence-electron chi connectivity index (χ4n) is 4.87. The molecule has 4 aromatic rings. The van der Waals surface area contributed by atoms with Crippen molar-refractivity contribution in [2.45, 2.75) is 39.0 Å². The van der Waals surface area contributed by atoms with Crippen molar-refractivity contribution in [3.05, 3.63) is 47.5 Å². The molecule has 2 aliphatic rings. The Balaban J connectivity index is 1.48. The van der Waals surface area contributed by atoms with Gasteiger partial charge in [0.2, 0.25) is 0 Å². The number of ether oxygens (including phenoxy) is 1. The molecule has 0 aliphatic carbocycles. The summed E-state index contributed by atoms with van der Waals surface area (Å²) in [7, 11) is 2.18. The zero-order chi connectivity index (χ0) is 23.3. The Morgan fingerprint density at radius 1 is 1.09 bits per heavy atom. The molecule has 34 heavy (non-hydrogen) atoms. The van der Waals surface area contributed by atoms with Crippen LogP contribution in [0, 0.1) is 0 Å². The summed E-state index contributed by atoms with van der Waals surface area (Å²) < 4.78 is 7.31. The normalized spacial score (nSPS) is 18.4. The lowest BCUT2D eigenvalue weighted by atomic mass is 9.90. The molecular formula is C25H29N7OS. The van der Waals surface area contributed by atoms with E-state index in [4.69, 9.17) is 14.7 Å². The zero-order valence-electron chi connectivity index (χ0n) is 19.8. The fourth-order valence-corrected chi connectivity index (χ4v) is 5.99. The summed E-state index contributed by atoms with van der Waals surface area (Å²) in [6.07, 6.45) is 4.31. The molecule has 6 rings (SSSR count). The van der Waals surface area contributed by atoms with Gasteiger partial charge in [-0.15, -0.1) is 11.3 Å². The van der Waals surface area contributed by atoms with Gasteiger partial charge in [0.25, 0.3) is 0 Å². The van der Waals surface area contributed by atoms with Gasteiger partial charge in [-0.1, -0.05) is 6.07 Å². The Morgan fingerprint density at radius 3 is 2.74 bits per heavy atom. The van der Waals surface area contributed by atoms with E-state index in [1.165, 1.54) is 11.1 Å². The summed E-state index contributed by atoms with van der Waals surface area (Å²) in [6, 6.07) is 5.94. The molecule has 0 unspecified atom stereocenters. The van der Waals surface area contributed by atoms with Crippen molar-refractivity contribution in [3.8, 4) is 0 Å². The van der Waals surface area contributed by atoms with Gasteiger partial charge >= 0.3 is 0 Å². The van der Waals surface area contributed by atoms with E-state index in [1.54, 1.807) is 17.7 Å². The van der Waals surface area contributed by atoms with Crippen molar-refractivity contribution < 1.29 is 4.74 Å². The van der Waals surface area contributed by atoms with Crippen LogP contribution in [0.4, 0.5) is 11.6 Å². The highest BCUT2D eigenvalue weighted by Crippen LogP contribution is 2.44. The number of rotatable bonds is 4. The SMILES string of the molecule is CN1CCN(c2nc3sc4c(NCc5ccccn5)ncnc4c3c3c2COC(C)(C)C3)CC1. The number of nitrogens with one attached hydrogen (secondary N) is 1. The number of anilines is 2. The van der Waals surface area contributed by atoms with Gasteiger partial charge in [-0.25, -0.2) is 15.0 Å². The molecule has 1 saturated heterocycles. The topological polar surface area (TPSA) is 79.3 Å². The first-order chi connectivity index (χ1) is 16.5. The van der Waals surface area contributed by atoms with Crippen LogP contribution in [-0.2, 0) is 24.3 Å². The molecule has 0 atom stereocenters. The minimum absolute atomic E-state index is 0.220. The zero-order valence-corrected chi connectivity index (χ0v) is 20.7. The van der Waals surface area contributed by atoms with E-state index >= 15 is 0 Å². The number of nitrogens with zero attached hydrogens (tertiary/aromatic N) is 6. The van der Waals surface area contributed by atoms with Crippen molar-refractivity contribution in [1.29, 1.82) is 0 Å². The monoisotopic (exact) mass is 475 g/mol. The van der Waals surface area contributed by atoms with Crippen LogP contribution < -0.4 is 10.2 Å². The molecule has 0 aromatic carbocycles. The number of likely N-dealkylation sites (N-methyl/N-ethyl adjacent to an activating group) is 1. The minimum Gasteiger partial charge on any atom is -0.370 e. The number of hydrogen-bond donors (Lipinski definition) is 1. The highest BCUT2D eigenvalue weighted by Gasteiger charge is 2.33. The largest absolute Gasteiger partial charge is 0.370 e. The number of piperazine rings is 1. The molecule has 0 bridgehead atoms. The van der Waals surface area contributed by atoms with E-state index in [1.807, 2.05) is 24.4 Å². The third-order valence-corrected chi connectivity index (χ3v) is 7.85. The lowest BCUT2D eigenvalue weighted by Crippen LogP contribution is -2.45. The summed E-state index contributed by atoms with van der Waals surface area (Å²) in [5.41, 5.74) is 4.28. The molecule has 0 radical (unpaired) electrons. The average Bonchev–Trinajstić information content (AvgIpc) is 3.22. The molecule has 6 heterocycles. The van der Waals surface area contributed by atoms with E-state index < -0.39 is 0 Å². The average molecular weight is 476 g/mol. The van der Waals surface area contributed by atoms with Gasteiger partial charge in [0, 0.05) is 49.7 Å². The molecular weight excluding hydrogens is 446 g/mol. The van der Waals surface area contributed by atoms with Crippen LogP contribution in [0.3, 0.4) is 0 Å². The van der Waals surface area contributed by atoms with Crippen molar-refractivity contribution in [2.75, 3.05) is 43.4 Å². The molecule has 1 N–H and O–H groups in total. The highest BCUT2D eigenvalue weighted by atomic mass is 32.1. The lowest BCUT2D eigenvalue weighted by molar-refractivity contribution is -0.0395. The van der Waals surface area contributed by atoms with Gasteiger partial charge in [0.15, 0.2) is 0 Å². The number of aromatic nitrogens is 4. The molecule has 1 fully saturated rings. The number of hydrogen-bond acceptors (Lipinski definition) is 9. The molecule has 176 valence electrons. The number of fused-ring (bicyclic) bond motifs is 5. The molecule has 0 amide bonds. The maximum atomic E-state index is 6.27. The molecule has 2 aliphatic heterocycles. The van der Waals surface area contributed by atoms with Crippen molar-refractivity contribution >= 4 is 43.4 Å². The van der Waals surface area contributed by atoms with E-state index in [2.05, 4.69) is 46.0 Å². The summed E-state index contributed by atoms with van der Waals surface area (Å²) in [5, 5.41) is 4.63. The van der Waals surface area contributed by atoms with Crippen LogP contribution in [0.15, 0.2) is 30.7 Å². The quantitative estimate of drug-likeness (QED) is 0.477. The Labute approximate surface area is 203 Å². The maximum Gasteiger partial charge on any atom is 0.147 e. The summed E-state index contributed by atoms with van der Waals surface area (Å²) in [5.74, 6) is 1.91. The van der Waals surface area contributed by atoms with E-state index in [9.17, 15) is 0 Å². The molecule has 4 aromatic heterocycles. The molecule has 9 heteroatoms. The second-order valence-electron chi connectivity index (χ2n) is 9.76. The second-order valence-corrected chi connectivity index (χ2v) is 10.8. The third-order valence-electron chi connectivity index (χ3n) is 6.77. The van der Waals surface area contributed by atoms with Gasteiger partial charge in [-0.2, -0.15) is 0 Å². The van der Waals surface area contributed by atoms with Gasteiger partial charge in [-0.3, -0.25) is 4.98 Å². The van der Waals surface area contributed by atoms with Crippen molar-refractivity contribution in [3.63, 3.8) is 0 Å². The van der Waals surface area contributed by atoms with Gasteiger partial charge in [0.1, 0.15) is 22.8 Å². The third kappa shape index (κ3) is 3.87. The van der Waals surface area contributed by atoms with Crippen molar-refractivity contribution in [1.82, 2.24) is 24.8 Å². The summed E-state index contributed by atoms with van der Waals surface area (Å²) in [6.45, 7) is 9.57. The predicted octanol–water partition coefficient (Wildman–Crippen LogP) is 3.85. The van der Waals surface area contributed by atoms with Crippen LogP contribution in [0.1, 0.15) is 30.7 Å². The standard InChI is InChI=1S/C25H29N7OS/c1-25(2)12-17-18(14-33-25)23(32-10-8-31(3)9-11-32)30-24-19(17)20-21(34-24)22(29-15-28-20)27-13-16-6-4-5-7-26-16/h4-7,15H,8-14H2,1-3H3,(H,27,28,29). The fraction of sp³-hybridized carbons (Fsp3) is 0.440. The molecule has 0 saturated carbocycles. The van der Waals surface area contributed by atoms with Crippen LogP contribution in [0.2, 0.25) is 0 Å². The van der Waals surface area contributed by atoms with Gasteiger partial charge in [0.05, 0.1) is 34.7 Å². The number of thiophene rings is 1. The van der Waals surface area contributed by atoms with Crippen LogP contribution in [0.25, 0.3) is 20.4 Å². The first kappa shape index (κ1) is 21.6. The first-order valence-electron chi connectivity index (χ1n) is 11.8. The van der Waals surface area contributed by atoms with E-state index in [0.29, 0.717) is 13.2 Å². The van der Waals surface area contributed by atoms with Crippen LogP contribution in [-0.4, -0.2) is 63.7 Å². The van der Waals surface area contributed by atoms with Crippen LogP contribution >= 0.6 is 11.3 Å². The van der Waals surface area contributed by atoms with Gasteiger partial charge in [-0.05, 0) is 38.6 Å². The van der Waals surface area contributed by atoms with Gasteiger partial charge < -0.3 is 19.9 Å². The van der Waals surface area contributed by atoms with Crippen molar-refractivity contribution in [2.24, 2.45) is 0 Å². The predicted molar refractivity (Wildman–Crippen MR) is 137 cm³/mol. The Kier molecular flexibility index (Phi) is 5.35. The Morgan fingerprint density at radius 2 is 1.94 bits per heavy atom.